The average Bonchev–Trinajstić information content (AvgIpc) is 2.38. The third kappa shape index (κ3) is 10.3. The highest BCUT2D eigenvalue weighted by molar-refractivity contribution is 8.00. The molecular formula is C13H15ClO4S. The average molecular weight is 303 g/mol. The van der Waals surface area contributed by atoms with Crippen molar-refractivity contribution >= 4 is 40.7 Å². The molecule has 0 aliphatic rings. The standard InChI is InChI=1S/C9H7ClO.C4H8O3S/c10-9(11)7-6-8-4-2-1-3-5-8;1-2-8-4(7)3(5)6/h1-7H;4,7H,2H2,1H3,(H,5,6). The molecule has 1 aromatic carbocycles. The van der Waals surface area contributed by atoms with E-state index in [0.29, 0.717) is 5.75 Å². The first kappa shape index (κ1) is 17.7. The summed E-state index contributed by atoms with van der Waals surface area (Å²) in [4.78, 5) is 20.1. The van der Waals surface area contributed by atoms with Crippen LogP contribution in [0, 0.1) is 0 Å². The van der Waals surface area contributed by atoms with Gasteiger partial charge in [0, 0.05) is 0 Å². The van der Waals surface area contributed by atoms with Crippen LogP contribution in [0.4, 0.5) is 0 Å². The number of hydrogen-bond donors (Lipinski definition) is 2. The number of rotatable bonds is 5. The minimum absolute atomic E-state index is 0.450. The summed E-state index contributed by atoms with van der Waals surface area (Å²) in [5, 5.41) is 16.1. The molecule has 0 saturated carbocycles. The molecule has 2 N–H and O–H groups in total. The first-order chi connectivity index (χ1) is 8.97. The van der Waals surface area contributed by atoms with E-state index in [-0.39, 0.29) is 0 Å². The maximum atomic E-state index is 10.3. The zero-order valence-corrected chi connectivity index (χ0v) is 11.9. The Morgan fingerprint density at radius 2 is 1.95 bits per heavy atom. The predicted octanol–water partition coefficient (Wildman–Crippen LogP) is 2.61. The Balaban J connectivity index is 0.000000362. The minimum Gasteiger partial charge on any atom is -0.479 e. The van der Waals surface area contributed by atoms with Crippen LogP contribution in [0.15, 0.2) is 36.4 Å². The summed E-state index contributed by atoms with van der Waals surface area (Å²) in [6.45, 7) is 1.79. The molecule has 1 rings (SSSR count). The lowest BCUT2D eigenvalue weighted by Gasteiger charge is -1.99. The van der Waals surface area contributed by atoms with Crippen LogP contribution in [0.1, 0.15) is 12.5 Å². The van der Waals surface area contributed by atoms with Crippen LogP contribution < -0.4 is 0 Å². The van der Waals surface area contributed by atoms with Crippen LogP contribution in [0.3, 0.4) is 0 Å². The molecule has 0 bridgehead atoms. The molecule has 0 radical (unpaired) electrons. The molecule has 1 unspecified atom stereocenters. The highest BCUT2D eigenvalue weighted by Gasteiger charge is 2.10. The van der Waals surface area contributed by atoms with Gasteiger partial charge in [0.25, 0.3) is 0 Å². The van der Waals surface area contributed by atoms with Crippen molar-refractivity contribution in [3.8, 4) is 0 Å². The van der Waals surface area contributed by atoms with Crippen LogP contribution in [0.25, 0.3) is 6.08 Å². The molecule has 6 heteroatoms. The van der Waals surface area contributed by atoms with Gasteiger partial charge in [0.15, 0.2) is 5.44 Å². The van der Waals surface area contributed by atoms with Crippen molar-refractivity contribution in [2.45, 2.75) is 12.4 Å². The molecule has 1 atom stereocenters. The molecule has 0 saturated heterocycles. The minimum atomic E-state index is -1.25. The fourth-order valence-electron chi connectivity index (χ4n) is 0.955. The first-order valence-corrected chi connectivity index (χ1v) is 6.85. The summed E-state index contributed by atoms with van der Waals surface area (Å²) in [7, 11) is 0. The van der Waals surface area contributed by atoms with Crippen molar-refractivity contribution in [1.29, 1.82) is 0 Å². The molecule has 0 aromatic heterocycles. The SMILES string of the molecule is CCSC(O)C(=O)O.O=C(Cl)C=Cc1ccccc1. The van der Waals surface area contributed by atoms with Crippen molar-refractivity contribution in [1.82, 2.24) is 0 Å². The lowest BCUT2D eigenvalue weighted by molar-refractivity contribution is -0.141. The van der Waals surface area contributed by atoms with Gasteiger partial charge in [-0.05, 0) is 29.0 Å². The number of aliphatic carboxylic acids is 1. The summed E-state index contributed by atoms with van der Waals surface area (Å²) >= 11 is 6.10. The number of carboxylic acid groups (broad SMARTS) is 1. The van der Waals surface area contributed by atoms with Gasteiger partial charge in [0.1, 0.15) is 0 Å². The Kier molecular flexibility index (Phi) is 9.88. The van der Waals surface area contributed by atoms with Crippen molar-refractivity contribution < 1.29 is 19.8 Å². The second-order valence-electron chi connectivity index (χ2n) is 3.19. The topological polar surface area (TPSA) is 74.6 Å². The third-order valence-corrected chi connectivity index (χ3v) is 2.72. The van der Waals surface area contributed by atoms with E-state index in [1.54, 1.807) is 13.0 Å². The van der Waals surface area contributed by atoms with Gasteiger partial charge in [0.2, 0.25) is 5.24 Å². The molecule has 1 aromatic rings. The molecule has 0 spiro atoms. The lowest BCUT2D eigenvalue weighted by atomic mass is 10.2. The number of carboxylic acids is 1. The number of hydrogen-bond acceptors (Lipinski definition) is 4. The van der Waals surface area contributed by atoms with Gasteiger partial charge in [0.05, 0.1) is 0 Å². The zero-order chi connectivity index (χ0) is 14.7. The van der Waals surface area contributed by atoms with Gasteiger partial charge >= 0.3 is 5.97 Å². The number of carbonyl (C=O) groups is 2. The fraction of sp³-hybridized carbons (Fsp3) is 0.231. The monoisotopic (exact) mass is 302 g/mol. The third-order valence-electron chi connectivity index (χ3n) is 1.74. The molecule has 0 amide bonds. The van der Waals surface area contributed by atoms with E-state index in [2.05, 4.69) is 0 Å². The van der Waals surface area contributed by atoms with Crippen molar-refractivity contribution in [2.24, 2.45) is 0 Å². The summed E-state index contributed by atoms with van der Waals surface area (Å²) < 4.78 is 0. The smallest absolute Gasteiger partial charge is 0.343 e. The molecule has 0 aliphatic heterocycles. The van der Waals surface area contributed by atoms with Gasteiger partial charge in [-0.2, -0.15) is 0 Å². The summed E-state index contributed by atoms with van der Waals surface area (Å²) in [6, 6.07) is 9.52. The van der Waals surface area contributed by atoms with Crippen LogP contribution in [-0.2, 0) is 9.59 Å². The second kappa shape index (κ2) is 10.6. The van der Waals surface area contributed by atoms with Crippen LogP contribution in [0.2, 0.25) is 0 Å². The van der Waals surface area contributed by atoms with E-state index in [1.807, 2.05) is 30.3 Å². The van der Waals surface area contributed by atoms with Crippen LogP contribution in [-0.4, -0.2) is 32.6 Å². The van der Waals surface area contributed by atoms with Crippen molar-refractivity contribution in [3.63, 3.8) is 0 Å². The zero-order valence-electron chi connectivity index (χ0n) is 10.3. The van der Waals surface area contributed by atoms with Gasteiger partial charge in [-0.15, -0.1) is 11.8 Å². The second-order valence-corrected chi connectivity index (χ2v) is 4.92. The summed E-state index contributed by atoms with van der Waals surface area (Å²) in [5.74, 6) is -0.551. The number of aliphatic hydroxyl groups excluding tert-OH is 1. The molecule has 0 heterocycles. The maximum absolute atomic E-state index is 10.3. The van der Waals surface area contributed by atoms with Gasteiger partial charge in [-0.3, -0.25) is 4.79 Å². The number of allylic oxidation sites excluding steroid dienone is 1. The highest BCUT2D eigenvalue weighted by Crippen LogP contribution is 2.05. The molecular weight excluding hydrogens is 288 g/mol. The van der Waals surface area contributed by atoms with E-state index in [4.69, 9.17) is 21.8 Å². The van der Waals surface area contributed by atoms with Gasteiger partial charge < -0.3 is 10.2 Å². The number of halogens is 1. The van der Waals surface area contributed by atoms with E-state index in [1.165, 1.54) is 6.08 Å². The Labute approximate surface area is 121 Å². The van der Waals surface area contributed by atoms with Crippen molar-refractivity contribution in [3.05, 3.63) is 42.0 Å². The van der Waals surface area contributed by atoms with E-state index >= 15 is 0 Å². The highest BCUT2D eigenvalue weighted by atomic mass is 35.5. The van der Waals surface area contributed by atoms with Crippen LogP contribution >= 0.6 is 23.4 Å². The molecule has 104 valence electrons. The number of aliphatic hydroxyl groups is 1. The number of benzene rings is 1. The first-order valence-electron chi connectivity index (χ1n) is 5.42. The largest absolute Gasteiger partial charge is 0.479 e. The Bertz CT molecular complexity index is 420. The fourth-order valence-corrected chi connectivity index (χ4v) is 1.48. The molecule has 19 heavy (non-hydrogen) atoms. The summed E-state index contributed by atoms with van der Waals surface area (Å²) in [5.41, 5.74) is -0.276. The van der Waals surface area contributed by atoms with Crippen LogP contribution in [0.5, 0.6) is 0 Å². The maximum Gasteiger partial charge on any atom is 0.343 e. The normalized spacial score (nSPS) is 11.5. The van der Waals surface area contributed by atoms with Gasteiger partial charge in [-0.1, -0.05) is 43.3 Å². The Morgan fingerprint density at radius 1 is 1.37 bits per heavy atom. The van der Waals surface area contributed by atoms with E-state index in [9.17, 15) is 9.59 Å². The Morgan fingerprint density at radius 3 is 2.32 bits per heavy atom. The predicted molar refractivity (Wildman–Crippen MR) is 78.1 cm³/mol. The molecule has 0 fully saturated rings. The van der Waals surface area contributed by atoms with E-state index < -0.39 is 16.6 Å². The Hall–Kier alpha value is -1.30. The number of carbonyl (C=O) groups excluding carboxylic acids is 1. The molecule has 0 aliphatic carbocycles. The lowest BCUT2D eigenvalue weighted by Crippen LogP contribution is -2.14. The van der Waals surface area contributed by atoms with E-state index in [0.717, 1.165) is 17.3 Å². The number of thioether (sulfide) groups is 1. The quantitative estimate of drug-likeness (QED) is 0.497. The van der Waals surface area contributed by atoms with Gasteiger partial charge in [-0.25, -0.2) is 4.79 Å². The van der Waals surface area contributed by atoms with Crippen molar-refractivity contribution in [2.75, 3.05) is 5.75 Å². The molecule has 4 nitrogen and oxygen atoms in total. The summed E-state index contributed by atoms with van der Waals surface area (Å²) in [6.07, 6.45) is 3.01.